The Balaban J connectivity index is 1.16. The van der Waals surface area contributed by atoms with E-state index in [-0.39, 0.29) is 12.5 Å². The van der Waals surface area contributed by atoms with Crippen LogP contribution >= 0.6 is 0 Å². The number of hydrogen-bond donors (Lipinski definition) is 1. The van der Waals surface area contributed by atoms with Crippen molar-refractivity contribution in [3.8, 4) is 0 Å². The molecule has 2 nitrogen and oxygen atoms in total. The fourth-order valence-electron chi connectivity index (χ4n) is 7.93. The molecule has 1 unspecified atom stereocenters. The molecular weight excluding hydrogens is 464 g/mol. The summed E-state index contributed by atoms with van der Waals surface area (Å²) >= 11 is 0. The van der Waals surface area contributed by atoms with E-state index in [1.807, 2.05) is 0 Å². The van der Waals surface area contributed by atoms with E-state index in [1.54, 1.807) is 7.11 Å². The van der Waals surface area contributed by atoms with Crippen molar-refractivity contribution < 1.29 is 9.84 Å². The normalized spacial score (nSPS) is 25.1. The third kappa shape index (κ3) is 6.62. The van der Waals surface area contributed by atoms with Crippen LogP contribution in [0.15, 0.2) is 48.5 Å². The highest BCUT2D eigenvalue weighted by atomic mass is 16.5. The molecule has 0 heterocycles. The van der Waals surface area contributed by atoms with E-state index in [1.165, 1.54) is 110 Å². The molecule has 5 rings (SSSR count). The van der Waals surface area contributed by atoms with E-state index in [0.29, 0.717) is 6.61 Å². The molecule has 2 aliphatic carbocycles. The highest BCUT2D eigenvalue weighted by Gasteiger charge is 2.30. The van der Waals surface area contributed by atoms with Crippen LogP contribution in [0.5, 0.6) is 0 Å². The Bertz CT molecular complexity index is 1140. The van der Waals surface area contributed by atoms with E-state index >= 15 is 0 Å². The third-order valence-electron chi connectivity index (χ3n) is 10.2. The van der Waals surface area contributed by atoms with Gasteiger partial charge in [-0.2, -0.15) is 0 Å². The quantitative estimate of drug-likeness (QED) is 0.258. The zero-order valence-corrected chi connectivity index (χ0v) is 24.0. The summed E-state index contributed by atoms with van der Waals surface area (Å²) in [6.07, 6.45) is 18.1. The molecule has 0 bridgehead atoms. The first-order valence-electron chi connectivity index (χ1n) is 15.7. The largest absolute Gasteiger partial charge is 0.396 e. The van der Waals surface area contributed by atoms with Crippen LogP contribution in [0.2, 0.25) is 0 Å². The second-order valence-electron chi connectivity index (χ2n) is 12.7. The second kappa shape index (κ2) is 13.4. The smallest absolute Gasteiger partial charge is 0.0531 e. The molecule has 2 aliphatic rings. The van der Waals surface area contributed by atoms with Crippen molar-refractivity contribution in [2.24, 2.45) is 23.7 Å². The summed E-state index contributed by atoms with van der Waals surface area (Å²) in [5, 5.41) is 14.8. The minimum Gasteiger partial charge on any atom is -0.396 e. The third-order valence-corrected chi connectivity index (χ3v) is 10.2. The number of aliphatic hydroxyl groups excluding tert-OH is 1. The molecule has 2 heteroatoms. The highest BCUT2D eigenvalue weighted by Crippen LogP contribution is 2.43. The van der Waals surface area contributed by atoms with Crippen LogP contribution in [0.4, 0.5) is 0 Å². The van der Waals surface area contributed by atoms with E-state index in [0.717, 1.165) is 30.1 Å². The van der Waals surface area contributed by atoms with E-state index in [9.17, 15) is 5.11 Å². The maximum absolute atomic E-state index is 9.47. The maximum Gasteiger partial charge on any atom is 0.0531 e. The molecule has 0 aliphatic heterocycles. The van der Waals surface area contributed by atoms with Crippen molar-refractivity contribution in [1.29, 1.82) is 0 Å². The summed E-state index contributed by atoms with van der Waals surface area (Å²) in [7, 11) is 1.74. The summed E-state index contributed by atoms with van der Waals surface area (Å²) in [5.41, 5.74) is 2.75. The highest BCUT2D eigenvalue weighted by molar-refractivity contribution is 6.07. The van der Waals surface area contributed by atoms with Crippen LogP contribution in [-0.4, -0.2) is 25.4 Å². The minimum atomic E-state index is 0.189. The predicted molar refractivity (Wildman–Crippen MR) is 162 cm³/mol. The average molecular weight is 515 g/mol. The Labute approximate surface area is 231 Å². The first-order valence-corrected chi connectivity index (χ1v) is 15.7. The lowest BCUT2D eigenvalue weighted by atomic mass is 9.68. The summed E-state index contributed by atoms with van der Waals surface area (Å²) in [4.78, 5) is 0. The van der Waals surface area contributed by atoms with Crippen molar-refractivity contribution in [3.63, 3.8) is 0 Å². The first-order chi connectivity index (χ1) is 18.7. The standard InChI is InChI=1S/C36H50O2/c1-3-4-26-7-12-29(13-8-26)30-14-9-27(10-15-30)5-6-28-11-19-35-32(23-28)16-17-33-24-31(18-20-36(33)35)34(21-22-37)25-38-2/h11,16-20,23-24,26-27,29-30,34,37H,3-10,12-15,21-22,25H2,1-2H3. The van der Waals surface area contributed by atoms with Gasteiger partial charge in [0.15, 0.2) is 0 Å². The van der Waals surface area contributed by atoms with E-state index in [4.69, 9.17) is 4.74 Å². The van der Waals surface area contributed by atoms with E-state index in [2.05, 4.69) is 55.5 Å². The van der Waals surface area contributed by atoms with Crippen molar-refractivity contribution in [2.75, 3.05) is 20.3 Å². The lowest BCUT2D eigenvalue weighted by Crippen LogP contribution is -2.26. The van der Waals surface area contributed by atoms with Gasteiger partial charge in [0, 0.05) is 19.6 Å². The molecule has 0 radical (unpaired) electrons. The van der Waals surface area contributed by atoms with Crippen LogP contribution in [0, 0.1) is 23.7 Å². The molecule has 0 amide bonds. The molecular formula is C36H50O2. The number of ether oxygens (including phenoxy) is 1. The molecule has 206 valence electrons. The van der Waals surface area contributed by atoms with Gasteiger partial charge in [-0.15, -0.1) is 0 Å². The molecule has 1 atom stereocenters. The molecule has 2 saturated carbocycles. The van der Waals surface area contributed by atoms with Gasteiger partial charge in [-0.3, -0.25) is 0 Å². The lowest BCUT2D eigenvalue weighted by molar-refractivity contribution is 0.141. The fraction of sp³-hybridized carbons (Fsp3) is 0.611. The van der Waals surface area contributed by atoms with Gasteiger partial charge >= 0.3 is 0 Å². The lowest BCUT2D eigenvalue weighted by Gasteiger charge is -2.38. The molecule has 2 fully saturated rings. The number of aryl methyl sites for hydroxylation is 1. The van der Waals surface area contributed by atoms with Crippen molar-refractivity contribution in [2.45, 2.75) is 96.3 Å². The molecule has 0 spiro atoms. The second-order valence-corrected chi connectivity index (χ2v) is 12.7. The Morgan fingerprint density at radius 1 is 0.763 bits per heavy atom. The zero-order valence-electron chi connectivity index (χ0n) is 24.0. The Hall–Kier alpha value is -1.90. The number of benzene rings is 3. The van der Waals surface area contributed by atoms with Gasteiger partial charge in [-0.1, -0.05) is 94.0 Å². The summed E-state index contributed by atoms with van der Waals surface area (Å²) in [6.45, 7) is 3.18. The Morgan fingerprint density at radius 3 is 1.97 bits per heavy atom. The minimum absolute atomic E-state index is 0.189. The SMILES string of the molecule is CCCC1CCC(C2CCC(CCc3ccc4c(ccc5cc(C(CCO)COC)ccc54)c3)CC2)CC1. The maximum atomic E-state index is 9.47. The van der Waals surface area contributed by atoms with Gasteiger partial charge in [0.1, 0.15) is 0 Å². The number of methoxy groups -OCH3 is 1. The average Bonchev–Trinajstić information content (AvgIpc) is 2.96. The summed E-state index contributed by atoms with van der Waals surface area (Å²) in [6, 6.07) is 18.5. The molecule has 38 heavy (non-hydrogen) atoms. The summed E-state index contributed by atoms with van der Waals surface area (Å²) in [5.74, 6) is 4.26. The molecule has 1 N–H and O–H groups in total. The number of fused-ring (bicyclic) bond motifs is 3. The topological polar surface area (TPSA) is 29.5 Å². The summed E-state index contributed by atoms with van der Waals surface area (Å²) < 4.78 is 5.41. The first kappa shape index (κ1) is 27.7. The molecule has 3 aromatic rings. The van der Waals surface area contributed by atoms with E-state index < -0.39 is 0 Å². The number of aliphatic hydroxyl groups is 1. The van der Waals surface area contributed by atoms with Crippen LogP contribution in [0.1, 0.15) is 101 Å². The molecule has 3 aromatic carbocycles. The van der Waals surface area contributed by atoms with Gasteiger partial charge in [0.05, 0.1) is 6.61 Å². The van der Waals surface area contributed by atoms with Gasteiger partial charge in [-0.05, 0) is 101 Å². The number of rotatable bonds is 11. The fourth-order valence-corrected chi connectivity index (χ4v) is 7.93. The van der Waals surface area contributed by atoms with Crippen LogP contribution < -0.4 is 0 Å². The Kier molecular flexibility index (Phi) is 9.79. The number of hydrogen-bond acceptors (Lipinski definition) is 2. The molecule has 0 aromatic heterocycles. The predicted octanol–water partition coefficient (Wildman–Crippen LogP) is 9.45. The van der Waals surface area contributed by atoms with Crippen LogP contribution in [-0.2, 0) is 11.2 Å². The molecule has 0 saturated heterocycles. The van der Waals surface area contributed by atoms with Crippen molar-refractivity contribution in [3.05, 3.63) is 59.7 Å². The van der Waals surface area contributed by atoms with Crippen LogP contribution in [0.3, 0.4) is 0 Å². The van der Waals surface area contributed by atoms with Gasteiger partial charge in [0.25, 0.3) is 0 Å². The van der Waals surface area contributed by atoms with Crippen molar-refractivity contribution >= 4 is 21.5 Å². The Morgan fingerprint density at radius 2 is 1.37 bits per heavy atom. The van der Waals surface area contributed by atoms with Gasteiger partial charge < -0.3 is 9.84 Å². The van der Waals surface area contributed by atoms with Crippen LogP contribution in [0.25, 0.3) is 21.5 Å². The monoisotopic (exact) mass is 514 g/mol. The zero-order chi connectivity index (χ0) is 26.3. The van der Waals surface area contributed by atoms with Gasteiger partial charge in [-0.25, -0.2) is 0 Å². The van der Waals surface area contributed by atoms with Crippen molar-refractivity contribution in [1.82, 2.24) is 0 Å². The van der Waals surface area contributed by atoms with Gasteiger partial charge in [0.2, 0.25) is 0 Å².